The summed E-state index contributed by atoms with van der Waals surface area (Å²) in [5.74, 6) is -0.947. The molecule has 0 aliphatic heterocycles. The van der Waals surface area contributed by atoms with Crippen molar-refractivity contribution in [1.29, 1.82) is 0 Å². The third kappa shape index (κ3) is 3.43. The molecule has 3 saturated carbocycles. The summed E-state index contributed by atoms with van der Waals surface area (Å²) >= 11 is 0. The number of nitrogens with one attached hydrogen (secondary N) is 1. The van der Waals surface area contributed by atoms with Crippen LogP contribution in [0.15, 0.2) is 18.2 Å². The zero-order valence-corrected chi connectivity index (χ0v) is 14.6. The zero-order chi connectivity index (χ0) is 18.0. The van der Waals surface area contributed by atoms with E-state index >= 15 is 0 Å². The van der Waals surface area contributed by atoms with E-state index in [2.05, 4.69) is 5.32 Å². The van der Waals surface area contributed by atoms with Crippen LogP contribution in [0.4, 0.5) is 0 Å². The minimum atomic E-state index is -1.08. The first-order chi connectivity index (χ1) is 12.0. The van der Waals surface area contributed by atoms with E-state index in [1.165, 1.54) is 0 Å². The maximum atomic E-state index is 12.7. The van der Waals surface area contributed by atoms with Crippen LogP contribution in [0.1, 0.15) is 31.2 Å². The molecule has 1 amide bonds. The van der Waals surface area contributed by atoms with Gasteiger partial charge in [-0.2, -0.15) is 0 Å². The Hall–Kier alpha value is -2.24. The second kappa shape index (κ2) is 7.33. The SMILES string of the molecule is COc1ccc(CNC(=O)[C@@H]2C3CCC(CC3)[C@H]2C(=O)[O-])cc1OC. The molecule has 2 atom stereocenters. The van der Waals surface area contributed by atoms with Crippen molar-refractivity contribution in [3.63, 3.8) is 0 Å². The highest BCUT2D eigenvalue weighted by Crippen LogP contribution is 2.48. The van der Waals surface area contributed by atoms with Crippen LogP contribution in [0.2, 0.25) is 0 Å². The number of carbonyl (C=O) groups is 2. The number of aliphatic carboxylic acids is 1. The van der Waals surface area contributed by atoms with Gasteiger partial charge in [-0.3, -0.25) is 4.79 Å². The van der Waals surface area contributed by atoms with E-state index in [-0.39, 0.29) is 17.7 Å². The van der Waals surface area contributed by atoms with Crippen LogP contribution < -0.4 is 19.9 Å². The number of methoxy groups -OCH3 is 2. The topological polar surface area (TPSA) is 87.7 Å². The van der Waals surface area contributed by atoms with Gasteiger partial charge in [0.15, 0.2) is 11.5 Å². The Morgan fingerprint density at radius 2 is 1.64 bits per heavy atom. The standard InChI is InChI=1S/C19H25NO5/c1-24-14-8-3-11(9-15(14)25-2)10-20-18(21)16-12-4-6-13(7-5-12)17(16)19(22)23/h3,8-9,12-13,16-17H,4-7,10H2,1-2H3,(H,20,21)(H,22,23)/p-1/t12?,13?,16-,17-/m1/s1. The lowest BCUT2D eigenvalue weighted by molar-refractivity contribution is -0.318. The lowest BCUT2D eigenvalue weighted by atomic mass is 9.58. The molecule has 3 fully saturated rings. The van der Waals surface area contributed by atoms with E-state index in [4.69, 9.17) is 9.47 Å². The predicted octanol–water partition coefficient (Wildman–Crippen LogP) is 1.12. The number of carbonyl (C=O) groups excluding carboxylic acids is 2. The highest BCUT2D eigenvalue weighted by molar-refractivity contribution is 5.85. The fourth-order valence-corrected chi connectivity index (χ4v) is 4.46. The molecule has 0 spiro atoms. The minimum Gasteiger partial charge on any atom is -0.550 e. The summed E-state index contributed by atoms with van der Waals surface area (Å²) in [6, 6.07) is 5.44. The monoisotopic (exact) mass is 346 g/mol. The number of amides is 1. The first-order valence-electron chi connectivity index (χ1n) is 8.74. The third-order valence-corrected chi connectivity index (χ3v) is 5.71. The molecule has 4 rings (SSSR count). The molecule has 25 heavy (non-hydrogen) atoms. The zero-order valence-electron chi connectivity index (χ0n) is 14.6. The molecule has 0 aromatic heterocycles. The molecule has 6 nitrogen and oxygen atoms in total. The quantitative estimate of drug-likeness (QED) is 0.834. The van der Waals surface area contributed by atoms with Gasteiger partial charge in [-0.1, -0.05) is 6.07 Å². The Balaban J connectivity index is 1.68. The maximum Gasteiger partial charge on any atom is 0.224 e. The summed E-state index contributed by atoms with van der Waals surface area (Å²) < 4.78 is 10.5. The van der Waals surface area contributed by atoms with Gasteiger partial charge in [0.05, 0.1) is 14.2 Å². The van der Waals surface area contributed by atoms with Crippen molar-refractivity contribution >= 4 is 11.9 Å². The Labute approximate surface area is 147 Å². The lowest BCUT2D eigenvalue weighted by Gasteiger charge is -2.48. The van der Waals surface area contributed by atoms with Gasteiger partial charge >= 0.3 is 0 Å². The van der Waals surface area contributed by atoms with E-state index < -0.39 is 17.8 Å². The number of carboxylic acid groups (broad SMARTS) is 1. The second-order valence-corrected chi connectivity index (χ2v) is 6.95. The van der Waals surface area contributed by atoms with Crippen molar-refractivity contribution in [3.05, 3.63) is 23.8 Å². The van der Waals surface area contributed by atoms with E-state index in [0.29, 0.717) is 18.0 Å². The molecule has 6 heteroatoms. The van der Waals surface area contributed by atoms with Crippen molar-refractivity contribution < 1.29 is 24.2 Å². The Morgan fingerprint density at radius 3 is 2.20 bits per heavy atom. The van der Waals surface area contributed by atoms with Gasteiger partial charge in [0.1, 0.15) is 0 Å². The number of carboxylic acids is 1. The number of fused-ring (bicyclic) bond motifs is 3. The molecule has 1 aromatic carbocycles. The molecule has 1 aromatic rings. The molecule has 0 unspecified atom stereocenters. The second-order valence-electron chi connectivity index (χ2n) is 6.95. The van der Waals surface area contributed by atoms with Gasteiger partial charge in [0.2, 0.25) is 5.91 Å². The fraction of sp³-hybridized carbons (Fsp3) is 0.579. The van der Waals surface area contributed by atoms with E-state index in [0.717, 1.165) is 31.2 Å². The highest BCUT2D eigenvalue weighted by atomic mass is 16.5. The van der Waals surface area contributed by atoms with Crippen LogP contribution in [0, 0.1) is 23.7 Å². The van der Waals surface area contributed by atoms with Gasteiger partial charge in [0, 0.05) is 24.3 Å². The number of ether oxygens (including phenoxy) is 2. The first kappa shape index (κ1) is 17.6. The van der Waals surface area contributed by atoms with Crippen LogP contribution >= 0.6 is 0 Å². The predicted molar refractivity (Wildman–Crippen MR) is 88.8 cm³/mol. The van der Waals surface area contributed by atoms with Crippen molar-refractivity contribution in [2.45, 2.75) is 32.2 Å². The van der Waals surface area contributed by atoms with Crippen molar-refractivity contribution in [2.75, 3.05) is 14.2 Å². The van der Waals surface area contributed by atoms with Gasteiger partial charge < -0.3 is 24.7 Å². The van der Waals surface area contributed by atoms with E-state index in [1.807, 2.05) is 12.1 Å². The molecule has 0 heterocycles. The first-order valence-corrected chi connectivity index (χ1v) is 8.74. The highest BCUT2D eigenvalue weighted by Gasteiger charge is 2.47. The average Bonchev–Trinajstić information content (AvgIpc) is 2.65. The average molecular weight is 346 g/mol. The van der Waals surface area contributed by atoms with Crippen molar-refractivity contribution in [1.82, 2.24) is 5.32 Å². The summed E-state index contributed by atoms with van der Waals surface area (Å²) in [7, 11) is 3.13. The number of rotatable bonds is 6. The summed E-state index contributed by atoms with van der Waals surface area (Å²) in [5.41, 5.74) is 0.872. The van der Waals surface area contributed by atoms with Gasteiger partial charge in [-0.15, -0.1) is 0 Å². The van der Waals surface area contributed by atoms with Crippen LogP contribution in [-0.2, 0) is 16.1 Å². The Bertz CT molecular complexity index is 651. The van der Waals surface area contributed by atoms with Gasteiger partial charge in [-0.05, 0) is 55.2 Å². The van der Waals surface area contributed by atoms with E-state index in [9.17, 15) is 14.7 Å². The van der Waals surface area contributed by atoms with Crippen LogP contribution in [0.25, 0.3) is 0 Å². The Kier molecular flexibility index (Phi) is 5.16. The Morgan fingerprint density at radius 1 is 1.04 bits per heavy atom. The molecule has 0 saturated heterocycles. The summed E-state index contributed by atoms with van der Waals surface area (Å²) in [6.45, 7) is 0.326. The number of hydrogen-bond donors (Lipinski definition) is 1. The molecular formula is C19H24NO5-. The third-order valence-electron chi connectivity index (χ3n) is 5.71. The number of benzene rings is 1. The minimum absolute atomic E-state index is 0.0758. The van der Waals surface area contributed by atoms with E-state index in [1.54, 1.807) is 20.3 Å². The molecule has 136 valence electrons. The molecule has 2 bridgehead atoms. The summed E-state index contributed by atoms with van der Waals surface area (Å²) in [5, 5.41) is 14.5. The lowest BCUT2D eigenvalue weighted by Crippen LogP contribution is -2.54. The molecule has 3 aliphatic rings. The maximum absolute atomic E-state index is 12.7. The summed E-state index contributed by atoms with van der Waals surface area (Å²) in [6.07, 6.45) is 3.65. The van der Waals surface area contributed by atoms with Crippen LogP contribution in [-0.4, -0.2) is 26.1 Å². The summed E-state index contributed by atoms with van der Waals surface area (Å²) in [4.78, 5) is 24.3. The number of hydrogen-bond acceptors (Lipinski definition) is 5. The van der Waals surface area contributed by atoms with Gasteiger partial charge in [0.25, 0.3) is 0 Å². The van der Waals surface area contributed by atoms with Crippen LogP contribution in [0.5, 0.6) is 11.5 Å². The fourth-order valence-electron chi connectivity index (χ4n) is 4.46. The van der Waals surface area contributed by atoms with Crippen molar-refractivity contribution in [2.24, 2.45) is 23.7 Å². The van der Waals surface area contributed by atoms with Gasteiger partial charge in [-0.25, -0.2) is 0 Å². The molecular weight excluding hydrogens is 322 g/mol. The normalized spacial score (nSPS) is 27.6. The molecule has 1 N–H and O–H groups in total. The largest absolute Gasteiger partial charge is 0.550 e. The van der Waals surface area contributed by atoms with Crippen molar-refractivity contribution in [3.8, 4) is 11.5 Å². The smallest absolute Gasteiger partial charge is 0.224 e. The van der Waals surface area contributed by atoms with Crippen LogP contribution in [0.3, 0.4) is 0 Å². The molecule has 3 aliphatic carbocycles. The molecule has 0 radical (unpaired) electrons.